The molecule has 0 saturated heterocycles. The molecule has 0 heterocycles. The molecule has 19 heavy (non-hydrogen) atoms. The van der Waals surface area contributed by atoms with Crippen molar-refractivity contribution in [3.8, 4) is 0 Å². The number of nitrogens with two attached hydrogens (primary N) is 1. The summed E-state index contributed by atoms with van der Waals surface area (Å²) in [6.07, 6.45) is 0.0513. The summed E-state index contributed by atoms with van der Waals surface area (Å²) in [6, 6.07) is 6.85. The van der Waals surface area contributed by atoms with Gasteiger partial charge >= 0.3 is 10.3 Å². The molecule has 0 radical (unpaired) electrons. The van der Waals surface area contributed by atoms with Gasteiger partial charge in [0.25, 0.3) is 0 Å². The number of amides is 1. The van der Waals surface area contributed by atoms with E-state index < -0.39 is 16.2 Å². The minimum absolute atomic E-state index is 0.0513. The van der Waals surface area contributed by atoms with Crippen molar-refractivity contribution < 1.29 is 17.4 Å². The largest absolute Gasteiger partial charge is 0.359 e. The van der Waals surface area contributed by atoms with E-state index in [1.807, 2.05) is 0 Å². The molecule has 1 amide bonds. The van der Waals surface area contributed by atoms with E-state index in [0.29, 0.717) is 10.6 Å². The van der Waals surface area contributed by atoms with E-state index in [-0.39, 0.29) is 18.9 Å². The van der Waals surface area contributed by atoms with Crippen LogP contribution in [0.15, 0.2) is 24.3 Å². The maximum atomic E-state index is 11.4. The third kappa shape index (κ3) is 5.56. The van der Waals surface area contributed by atoms with Crippen LogP contribution in [-0.4, -0.2) is 28.0 Å². The fourth-order valence-corrected chi connectivity index (χ4v) is 2.21. The first-order valence-corrected chi connectivity index (χ1v) is 7.30. The second-order valence-electron chi connectivity index (χ2n) is 3.87. The normalized spacial score (nSPS) is 13.0. The molecule has 3 N–H and O–H groups in total. The van der Waals surface area contributed by atoms with E-state index in [9.17, 15) is 13.2 Å². The Labute approximate surface area is 117 Å². The predicted octanol–water partition coefficient (Wildman–Crippen LogP) is 0.780. The van der Waals surface area contributed by atoms with Crippen molar-refractivity contribution in [2.24, 2.45) is 5.14 Å². The number of benzene rings is 1. The van der Waals surface area contributed by atoms with E-state index in [0.717, 1.165) is 0 Å². The summed E-state index contributed by atoms with van der Waals surface area (Å²) < 4.78 is 26.2. The monoisotopic (exact) mass is 306 g/mol. The van der Waals surface area contributed by atoms with Gasteiger partial charge in [-0.15, -0.1) is 0 Å². The van der Waals surface area contributed by atoms with Gasteiger partial charge in [0.1, 0.15) is 0 Å². The Bertz CT molecular complexity index is 547. The summed E-state index contributed by atoms with van der Waals surface area (Å²) in [4.78, 5) is 11.4. The van der Waals surface area contributed by atoms with E-state index in [1.54, 1.807) is 24.3 Å². The van der Waals surface area contributed by atoms with E-state index in [2.05, 4.69) is 9.50 Å². The molecule has 0 spiro atoms. The van der Waals surface area contributed by atoms with Gasteiger partial charge in [0.15, 0.2) is 0 Å². The van der Waals surface area contributed by atoms with Crippen LogP contribution in [0.3, 0.4) is 0 Å². The van der Waals surface area contributed by atoms with Crippen LogP contribution in [-0.2, 0) is 19.3 Å². The molecule has 1 aromatic carbocycles. The molecule has 0 bridgehead atoms. The van der Waals surface area contributed by atoms with Crippen molar-refractivity contribution in [3.63, 3.8) is 0 Å². The van der Waals surface area contributed by atoms with Crippen LogP contribution in [0.5, 0.6) is 0 Å². The first-order valence-electron chi connectivity index (χ1n) is 5.45. The highest BCUT2D eigenvalue weighted by molar-refractivity contribution is 7.84. The highest BCUT2D eigenvalue weighted by Gasteiger charge is 2.20. The summed E-state index contributed by atoms with van der Waals surface area (Å²) in [5.74, 6) is -0.741. The standard InChI is InChI=1S/C11H15ClN2O4S/c1-14-11(15)6-8(7-18-19(13,16)17)9-4-2-3-5-10(9)12/h2-5,8H,6-7H2,1H3,(H,14,15)(H2,13,16,17). The molecule has 1 rings (SSSR count). The molecule has 1 atom stereocenters. The SMILES string of the molecule is CNC(=O)CC(COS(N)(=O)=O)c1ccccc1Cl. The molecule has 1 unspecified atom stereocenters. The van der Waals surface area contributed by atoms with Crippen molar-refractivity contribution >= 4 is 27.8 Å². The smallest absolute Gasteiger partial charge is 0.333 e. The molecule has 6 nitrogen and oxygen atoms in total. The predicted molar refractivity (Wildman–Crippen MR) is 71.9 cm³/mol. The van der Waals surface area contributed by atoms with Gasteiger partial charge in [-0.05, 0) is 11.6 Å². The van der Waals surface area contributed by atoms with Gasteiger partial charge in [-0.1, -0.05) is 29.8 Å². The summed E-state index contributed by atoms with van der Waals surface area (Å²) in [6.45, 7) is -0.240. The van der Waals surface area contributed by atoms with Crippen LogP contribution in [0.25, 0.3) is 0 Å². The molecular weight excluding hydrogens is 292 g/mol. The fourth-order valence-electron chi connectivity index (χ4n) is 1.57. The zero-order chi connectivity index (χ0) is 14.5. The molecule has 0 aromatic heterocycles. The first-order chi connectivity index (χ1) is 8.83. The molecule has 8 heteroatoms. The Morgan fingerprint density at radius 2 is 2.11 bits per heavy atom. The van der Waals surface area contributed by atoms with E-state index >= 15 is 0 Å². The number of rotatable bonds is 6. The maximum absolute atomic E-state index is 11.4. The van der Waals surface area contributed by atoms with Crippen molar-refractivity contribution in [1.82, 2.24) is 5.32 Å². The van der Waals surface area contributed by atoms with Crippen LogP contribution in [0, 0.1) is 0 Å². The molecular formula is C11H15ClN2O4S. The molecule has 0 aliphatic rings. The second-order valence-corrected chi connectivity index (χ2v) is 5.50. The lowest BCUT2D eigenvalue weighted by Crippen LogP contribution is -2.25. The van der Waals surface area contributed by atoms with E-state index in [1.165, 1.54) is 7.05 Å². The third-order valence-corrected chi connectivity index (χ3v) is 3.30. The second kappa shape index (κ2) is 6.85. The molecule has 0 saturated carbocycles. The van der Waals surface area contributed by atoms with Crippen LogP contribution in [0.1, 0.15) is 17.9 Å². The number of carbonyl (C=O) groups excluding carboxylic acids is 1. The number of carbonyl (C=O) groups is 1. The zero-order valence-electron chi connectivity index (χ0n) is 10.3. The van der Waals surface area contributed by atoms with Gasteiger partial charge in [-0.3, -0.25) is 8.98 Å². The lowest BCUT2D eigenvalue weighted by Gasteiger charge is -2.17. The quantitative estimate of drug-likeness (QED) is 0.811. The van der Waals surface area contributed by atoms with Crippen molar-refractivity contribution in [1.29, 1.82) is 0 Å². The zero-order valence-corrected chi connectivity index (χ0v) is 11.9. The van der Waals surface area contributed by atoms with Gasteiger partial charge in [-0.2, -0.15) is 8.42 Å². The summed E-state index contributed by atoms with van der Waals surface area (Å²) >= 11 is 6.03. The van der Waals surface area contributed by atoms with Crippen molar-refractivity contribution in [2.75, 3.05) is 13.7 Å². The van der Waals surface area contributed by atoms with Gasteiger partial charge in [-0.25, -0.2) is 5.14 Å². The topological polar surface area (TPSA) is 98.5 Å². The minimum Gasteiger partial charge on any atom is -0.359 e. The third-order valence-electron chi connectivity index (χ3n) is 2.49. The molecule has 0 aliphatic heterocycles. The molecule has 1 aromatic rings. The minimum atomic E-state index is -4.06. The molecule has 0 aliphatic carbocycles. The van der Waals surface area contributed by atoms with E-state index in [4.69, 9.17) is 16.7 Å². The average Bonchev–Trinajstić information content (AvgIpc) is 2.34. The van der Waals surface area contributed by atoms with Crippen molar-refractivity contribution in [2.45, 2.75) is 12.3 Å². The van der Waals surface area contributed by atoms with Crippen LogP contribution in [0.2, 0.25) is 5.02 Å². The molecule has 0 fully saturated rings. The summed E-state index contributed by atoms with van der Waals surface area (Å²) in [5, 5.41) is 7.68. The summed E-state index contributed by atoms with van der Waals surface area (Å²) in [7, 11) is -2.56. The van der Waals surface area contributed by atoms with Crippen LogP contribution < -0.4 is 10.5 Å². The van der Waals surface area contributed by atoms with Gasteiger partial charge in [0, 0.05) is 24.4 Å². The Hall–Kier alpha value is -1.15. The fraction of sp³-hybridized carbons (Fsp3) is 0.364. The van der Waals surface area contributed by atoms with Gasteiger partial charge < -0.3 is 5.32 Å². The van der Waals surface area contributed by atoms with Gasteiger partial charge in [0.05, 0.1) is 6.61 Å². The number of hydrogen-bond acceptors (Lipinski definition) is 4. The number of halogens is 1. The van der Waals surface area contributed by atoms with Crippen molar-refractivity contribution in [3.05, 3.63) is 34.9 Å². The van der Waals surface area contributed by atoms with Crippen LogP contribution >= 0.6 is 11.6 Å². The van der Waals surface area contributed by atoms with Crippen LogP contribution in [0.4, 0.5) is 0 Å². The Balaban J connectivity index is 2.92. The summed E-state index contributed by atoms with van der Waals surface area (Å²) in [5.41, 5.74) is 0.636. The highest BCUT2D eigenvalue weighted by atomic mass is 35.5. The van der Waals surface area contributed by atoms with Gasteiger partial charge in [0.2, 0.25) is 5.91 Å². The first kappa shape index (κ1) is 15.9. The Morgan fingerprint density at radius 3 is 2.63 bits per heavy atom. The molecule has 106 valence electrons. The Morgan fingerprint density at radius 1 is 1.47 bits per heavy atom. The lowest BCUT2D eigenvalue weighted by molar-refractivity contribution is -0.121. The Kier molecular flexibility index (Phi) is 5.74. The average molecular weight is 307 g/mol. The lowest BCUT2D eigenvalue weighted by atomic mass is 9.96. The number of nitrogens with one attached hydrogen (secondary N) is 1. The highest BCUT2D eigenvalue weighted by Crippen LogP contribution is 2.27. The maximum Gasteiger partial charge on any atom is 0.333 e. The number of hydrogen-bond donors (Lipinski definition) is 2.